The first kappa shape index (κ1) is 14.8. The molecule has 0 heterocycles. The lowest BCUT2D eigenvalue weighted by Gasteiger charge is -2.56. The summed E-state index contributed by atoms with van der Waals surface area (Å²) in [5.74, 6) is 1.01. The van der Waals surface area contributed by atoms with Gasteiger partial charge in [-0.3, -0.25) is 0 Å². The van der Waals surface area contributed by atoms with Gasteiger partial charge in [-0.05, 0) is 44.6 Å². The molecule has 2 unspecified atom stereocenters. The van der Waals surface area contributed by atoms with Crippen LogP contribution in [0, 0.1) is 11.3 Å². The van der Waals surface area contributed by atoms with Crippen LogP contribution in [0.3, 0.4) is 0 Å². The van der Waals surface area contributed by atoms with Crippen molar-refractivity contribution in [1.82, 2.24) is 5.32 Å². The molecule has 0 radical (unpaired) electrons. The first-order valence-electron chi connectivity index (χ1n) is 9.20. The van der Waals surface area contributed by atoms with E-state index in [1.165, 1.54) is 77.2 Å². The molecule has 3 aliphatic carbocycles. The van der Waals surface area contributed by atoms with E-state index >= 15 is 0 Å². The molecule has 3 fully saturated rings. The summed E-state index contributed by atoms with van der Waals surface area (Å²) in [5, 5.41) is 3.82. The van der Waals surface area contributed by atoms with Gasteiger partial charge >= 0.3 is 0 Å². The third-order valence-corrected chi connectivity index (χ3v) is 6.00. The number of ether oxygens (including phenoxy) is 1. The Balaban J connectivity index is 1.54. The van der Waals surface area contributed by atoms with E-state index in [2.05, 4.69) is 12.2 Å². The molecular weight excluding hydrogens is 246 g/mol. The summed E-state index contributed by atoms with van der Waals surface area (Å²) >= 11 is 0. The molecule has 3 rings (SSSR count). The highest BCUT2D eigenvalue weighted by Crippen LogP contribution is 2.52. The molecule has 3 saturated carbocycles. The van der Waals surface area contributed by atoms with Gasteiger partial charge in [0.2, 0.25) is 0 Å². The normalized spacial score (nSPS) is 32.9. The summed E-state index contributed by atoms with van der Waals surface area (Å²) in [5.41, 5.74) is 0.495. The molecule has 0 saturated heterocycles. The van der Waals surface area contributed by atoms with Crippen LogP contribution in [-0.2, 0) is 4.74 Å². The molecule has 2 heteroatoms. The second-order valence-electron chi connectivity index (χ2n) is 7.48. The smallest absolute Gasteiger partial charge is 0.0661 e. The maximum absolute atomic E-state index is 6.35. The van der Waals surface area contributed by atoms with Crippen LogP contribution >= 0.6 is 0 Å². The zero-order valence-electron chi connectivity index (χ0n) is 13.3. The van der Waals surface area contributed by atoms with Crippen LogP contribution in [0.4, 0.5) is 0 Å². The zero-order chi connectivity index (χ0) is 13.8. The molecule has 2 atom stereocenters. The first-order valence-corrected chi connectivity index (χ1v) is 9.20. The minimum atomic E-state index is 0.495. The van der Waals surface area contributed by atoms with Gasteiger partial charge in [0.1, 0.15) is 0 Å². The predicted molar refractivity (Wildman–Crippen MR) is 83.9 cm³/mol. The molecule has 3 aliphatic rings. The highest BCUT2D eigenvalue weighted by atomic mass is 16.5. The van der Waals surface area contributed by atoms with Crippen molar-refractivity contribution < 1.29 is 4.74 Å². The Morgan fingerprint density at radius 2 is 1.85 bits per heavy atom. The third-order valence-electron chi connectivity index (χ3n) is 6.00. The number of rotatable bonds is 7. The fourth-order valence-electron chi connectivity index (χ4n) is 4.43. The average Bonchev–Trinajstić information content (AvgIpc) is 3.26. The van der Waals surface area contributed by atoms with E-state index in [1.807, 2.05) is 0 Å². The van der Waals surface area contributed by atoms with E-state index in [0.29, 0.717) is 11.5 Å². The second kappa shape index (κ2) is 6.79. The Kier molecular flexibility index (Phi) is 5.04. The van der Waals surface area contributed by atoms with Gasteiger partial charge in [0, 0.05) is 18.1 Å². The van der Waals surface area contributed by atoms with Gasteiger partial charge < -0.3 is 10.1 Å². The molecule has 0 amide bonds. The highest BCUT2D eigenvalue weighted by molar-refractivity contribution is 5.08. The van der Waals surface area contributed by atoms with E-state index in [-0.39, 0.29) is 0 Å². The Bertz CT molecular complexity index is 292. The van der Waals surface area contributed by atoms with Gasteiger partial charge in [-0.2, -0.15) is 0 Å². The number of hydrogen-bond donors (Lipinski definition) is 1. The first-order chi connectivity index (χ1) is 9.85. The third kappa shape index (κ3) is 3.22. The quantitative estimate of drug-likeness (QED) is 0.751. The minimum absolute atomic E-state index is 0.495. The minimum Gasteiger partial charge on any atom is -0.378 e. The SMILES string of the molecule is CCCNC1CC(OCCC2CC2)C12CCCCCC2. The summed E-state index contributed by atoms with van der Waals surface area (Å²) in [7, 11) is 0. The maximum Gasteiger partial charge on any atom is 0.0661 e. The Morgan fingerprint density at radius 3 is 2.50 bits per heavy atom. The zero-order valence-corrected chi connectivity index (χ0v) is 13.3. The van der Waals surface area contributed by atoms with Gasteiger partial charge in [0.25, 0.3) is 0 Å². The maximum atomic E-state index is 6.35. The lowest BCUT2D eigenvalue weighted by molar-refractivity contribution is -0.144. The summed E-state index contributed by atoms with van der Waals surface area (Å²) in [6.07, 6.45) is 15.9. The Hall–Kier alpha value is -0.0800. The number of nitrogens with one attached hydrogen (secondary N) is 1. The summed E-state index contributed by atoms with van der Waals surface area (Å²) in [4.78, 5) is 0. The predicted octanol–water partition coefficient (Wildman–Crippen LogP) is 4.28. The Labute approximate surface area is 125 Å². The van der Waals surface area contributed by atoms with Crippen molar-refractivity contribution in [1.29, 1.82) is 0 Å². The van der Waals surface area contributed by atoms with E-state index in [4.69, 9.17) is 4.74 Å². The van der Waals surface area contributed by atoms with E-state index in [0.717, 1.165) is 18.6 Å². The lowest BCUT2D eigenvalue weighted by Crippen LogP contribution is -2.63. The highest BCUT2D eigenvalue weighted by Gasteiger charge is 2.54. The van der Waals surface area contributed by atoms with Crippen molar-refractivity contribution in [2.24, 2.45) is 11.3 Å². The van der Waals surface area contributed by atoms with Crippen molar-refractivity contribution in [2.45, 2.75) is 89.7 Å². The van der Waals surface area contributed by atoms with Gasteiger partial charge in [-0.1, -0.05) is 45.4 Å². The van der Waals surface area contributed by atoms with Crippen molar-refractivity contribution in [3.63, 3.8) is 0 Å². The van der Waals surface area contributed by atoms with Gasteiger partial charge in [0.15, 0.2) is 0 Å². The topological polar surface area (TPSA) is 21.3 Å². The van der Waals surface area contributed by atoms with Crippen LogP contribution in [0.1, 0.15) is 77.6 Å². The monoisotopic (exact) mass is 279 g/mol. The summed E-state index contributed by atoms with van der Waals surface area (Å²) in [6.45, 7) is 4.48. The molecule has 0 aliphatic heterocycles. The lowest BCUT2D eigenvalue weighted by atomic mass is 9.57. The van der Waals surface area contributed by atoms with Gasteiger partial charge in [-0.25, -0.2) is 0 Å². The molecule has 20 heavy (non-hydrogen) atoms. The molecule has 2 nitrogen and oxygen atoms in total. The van der Waals surface area contributed by atoms with Crippen LogP contribution in [0.15, 0.2) is 0 Å². The van der Waals surface area contributed by atoms with Crippen molar-refractivity contribution in [2.75, 3.05) is 13.2 Å². The van der Waals surface area contributed by atoms with E-state index in [9.17, 15) is 0 Å². The van der Waals surface area contributed by atoms with Crippen LogP contribution in [0.5, 0.6) is 0 Å². The summed E-state index contributed by atoms with van der Waals surface area (Å²) < 4.78 is 6.35. The molecular formula is C18H33NO. The summed E-state index contributed by atoms with van der Waals surface area (Å²) in [6, 6.07) is 0.742. The number of hydrogen-bond acceptors (Lipinski definition) is 2. The van der Waals surface area contributed by atoms with E-state index in [1.54, 1.807) is 0 Å². The van der Waals surface area contributed by atoms with Crippen molar-refractivity contribution in [3.05, 3.63) is 0 Å². The molecule has 0 aromatic heterocycles. The van der Waals surface area contributed by atoms with Gasteiger partial charge in [-0.15, -0.1) is 0 Å². The molecule has 1 spiro atoms. The molecule has 0 aromatic carbocycles. The fraction of sp³-hybridized carbons (Fsp3) is 1.00. The van der Waals surface area contributed by atoms with Crippen molar-refractivity contribution >= 4 is 0 Å². The molecule has 0 bridgehead atoms. The average molecular weight is 279 g/mol. The van der Waals surface area contributed by atoms with E-state index < -0.39 is 0 Å². The molecule has 1 N–H and O–H groups in total. The van der Waals surface area contributed by atoms with Crippen LogP contribution in [-0.4, -0.2) is 25.3 Å². The van der Waals surface area contributed by atoms with Crippen molar-refractivity contribution in [3.8, 4) is 0 Å². The van der Waals surface area contributed by atoms with Crippen LogP contribution < -0.4 is 5.32 Å². The molecule has 0 aromatic rings. The largest absolute Gasteiger partial charge is 0.378 e. The van der Waals surface area contributed by atoms with Crippen LogP contribution in [0.25, 0.3) is 0 Å². The second-order valence-corrected chi connectivity index (χ2v) is 7.48. The standard InChI is InChI=1S/C18H33NO/c1-2-12-19-16-14-17(20-13-9-15-7-8-15)18(16)10-5-3-4-6-11-18/h15-17,19H,2-14H2,1H3. The molecule has 116 valence electrons. The fourth-order valence-corrected chi connectivity index (χ4v) is 4.43. The Morgan fingerprint density at radius 1 is 1.10 bits per heavy atom. The van der Waals surface area contributed by atoms with Crippen LogP contribution in [0.2, 0.25) is 0 Å². The van der Waals surface area contributed by atoms with Gasteiger partial charge in [0.05, 0.1) is 6.10 Å².